The molecule has 5 heteroatoms. The zero-order valence-electron chi connectivity index (χ0n) is 15.4. The molecule has 2 fully saturated rings. The summed E-state index contributed by atoms with van der Waals surface area (Å²) < 4.78 is 13.3. The molecule has 2 atom stereocenters. The van der Waals surface area contributed by atoms with E-state index in [0.29, 0.717) is 13.1 Å². The van der Waals surface area contributed by atoms with Crippen molar-refractivity contribution in [3.63, 3.8) is 0 Å². The topological polar surface area (TPSA) is 43.8 Å². The van der Waals surface area contributed by atoms with Crippen LogP contribution in [0.3, 0.4) is 0 Å². The van der Waals surface area contributed by atoms with Gasteiger partial charge in [0.15, 0.2) is 0 Å². The number of benzene rings is 2. The van der Waals surface area contributed by atoms with Crippen molar-refractivity contribution in [1.29, 1.82) is 0 Å². The fraction of sp³-hybridized carbons (Fsp3) is 0.409. The lowest BCUT2D eigenvalue weighted by Gasteiger charge is -2.25. The first-order valence-corrected chi connectivity index (χ1v) is 9.52. The van der Waals surface area contributed by atoms with Crippen LogP contribution in [0.5, 0.6) is 0 Å². The molecule has 0 saturated carbocycles. The SMILES string of the molecule is O=C(O)[C@@]12CN(CCc3cccc(F)c3)C[C@@H]1CN(Cc1ccccc1)C2. The molecule has 1 N–H and O–H groups in total. The number of fused-ring (bicyclic) bond motifs is 1. The molecule has 0 aromatic heterocycles. The third-order valence-electron chi connectivity index (χ3n) is 6.03. The predicted molar refractivity (Wildman–Crippen MR) is 102 cm³/mol. The fourth-order valence-electron chi connectivity index (χ4n) is 4.69. The quantitative estimate of drug-likeness (QED) is 0.852. The van der Waals surface area contributed by atoms with Crippen molar-refractivity contribution < 1.29 is 14.3 Å². The van der Waals surface area contributed by atoms with Crippen molar-refractivity contribution in [2.24, 2.45) is 11.3 Å². The van der Waals surface area contributed by atoms with Gasteiger partial charge >= 0.3 is 5.97 Å². The van der Waals surface area contributed by atoms with E-state index in [4.69, 9.17) is 0 Å². The zero-order valence-corrected chi connectivity index (χ0v) is 15.4. The molecule has 4 rings (SSSR count). The van der Waals surface area contributed by atoms with Crippen LogP contribution in [0.1, 0.15) is 11.1 Å². The first-order chi connectivity index (χ1) is 13.0. The molecular formula is C22H25FN2O2. The minimum Gasteiger partial charge on any atom is -0.481 e. The molecule has 0 aliphatic carbocycles. The third kappa shape index (κ3) is 3.75. The fourth-order valence-corrected chi connectivity index (χ4v) is 4.69. The maximum absolute atomic E-state index is 13.3. The van der Waals surface area contributed by atoms with Crippen molar-refractivity contribution in [2.45, 2.75) is 13.0 Å². The summed E-state index contributed by atoms with van der Waals surface area (Å²) in [6.07, 6.45) is 0.744. The average molecular weight is 368 g/mol. The normalized spacial score (nSPS) is 25.6. The van der Waals surface area contributed by atoms with Gasteiger partial charge < -0.3 is 10.0 Å². The lowest BCUT2D eigenvalue weighted by molar-refractivity contribution is -0.148. The Kier molecular flexibility index (Phi) is 4.98. The van der Waals surface area contributed by atoms with E-state index < -0.39 is 11.4 Å². The molecule has 2 heterocycles. The zero-order chi connectivity index (χ0) is 18.9. The number of aliphatic carboxylic acids is 1. The minimum absolute atomic E-state index is 0.145. The Morgan fingerprint density at radius 1 is 1.04 bits per heavy atom. The number of carbonyl (C=O) groups is 1. The summed E-state index contributed by atoms with van der Waals surface area (Å²) in [5, 5.41) is 9.99. The summed E-state index contributed by atoms with van der Waals surface area (Å²) in [4.78, 5) is 16.7. The molecule has 0 bridgehead atoms. The van der Waals surface area contributed by atoms with E-state index in [1.807, 2.05) is 24.3 Å². The number of likely N-dealkylation sites (tertiary alicyclic amines) is 2. The summed E-state index contributed by atoms with van der Waals surface area (Å²) in [7, 11) is 0. The molecule has 2 aliphatic rings. The van der Waals surface area contributed by atoms with E-state index in [1.54, 1.807) is 12.1 Å². The average Bonchev–Trinajstić information content (AvgIpc) is 3.15. The Bertz CT molecular complexity index is 813. The minimum atomic E-state index is -0.684. The molecule has 0 unspecified atom stereocenters. The van der Waals surface area contributed by atoms with Gasteiger partial charge in [0, 0.05) is 45.2 Å². The van der Waals surface area contributed by atoms with Gasteiger partial charge in [-0.15, -0.1) is 0 Å². The van der Waals surface area contributed by atoms with Crippen LogP contribution in [0, 0.1) is 17.2 Å². The van der Waals surface area contributed by atoms with Crippen molar-refractivity contribution in [2.75, 3.05) is 32.7 Å². The van der Waals surface area contributed by atoms with Gasteiger partial charge in [-0.1, -0.05) is 42.5 Å². The molecule has 2 aromatic rings. The van der Waals surface area contributed by atoms with Crippen molar-refractivity contribution in [3.05, 3.63) is 71.5 Å². The molecule has 0 spiro atoms. The van der Waals surface area contributed by atoms with Crippen LogP contribution in [0.15, 0.2) is 54.6 Å². The molecule has 27 heavy (non-hydrogen) atoms. The molecule has 2 aliphatic heterocycles. The summed E-state index contributed by atoms with van der Waals surface area (Å²) in [5.41, 5.74) is 1.50. The summed E-state index contributed by atoms with van der Waals surface area (Å²) in [6, 6.07) is 16.9. The van der Waals surface area contributed by atoms with Gasteiger partial charge in [0.25, 0.3) is 0 Å². The molecule has 0 radical (unpaired) electrons. The van der Waals surface area contributed by atoms with Gasteiger partial charge in [-0.3, -0.25) is 9.69 Å². The molecule has 4 nitrogen and oxygen atoms in total. The van der Waals surface area contributed by atoms with E-state index in [0.717, 1.165) is 38.2 Å². The first kappa shape index (κ1) is 18.1. The molecule has 2 saturated heterocycles. The number of nitrogens with zero attached hydrogens (tertiary/aromatic N) is 2. The maximum Gasteiger partial charge on any atom is 0.312 e. The van der Waals surface area contributed by atoms with Crippen LogP contribution in [-0.2, 0) is 17.8 Å². The van der Waals surface area contributed by atoms with Crippen LogP contribution in [-0.4, -0.2) is 53.6 Å². The second-order valence-electron chi connectivity index (χ2n) is 7.93. The smallest absolute Gasteiger partial charge is 0.312 e. The summed E-state index contributed by atoms with van der Waals surface area (Å²) in [5.74, 6) is -0.758. The number of hydrogen-bond donors (Lipinski definition) is 1. The molecular weight excluding hydrogens is 343 g/mol. The Balaban J connectivity index is 1.39. The Labute approximate surface area is 159 Å². The van der Waals surface area contributed by atoms with E-state index in [-0.39, 0.29) is 11.7 Å². The lowest BCUT2D eigenvalue weighted by Crippen LogP contribution is -2.41. The number of hydrogen-bond acceptors (Lipinski definition) is 3. The molecule has 2 aromatic carbocycles. The van der Waals surface area contributed by atoms with Crippen LogP contribution in [0.25, 0.3) is 0 Å². The largest absolute Gasteiger partial charge is 0.481 e. The standard InChI is InChI=1S/C22H25FN2O2/c23-20-8-4-7-17(11-20)9-10-24-13-19-14-25(12-18-5-2-1-3-6-18)16-22(19,15-24)21(26)27/h1-8,11,19H,9-10,12-16H2,(H,26,27)/t19-,22-/m1/s1. The number of halogens is 1. The number of carboxylic acids is 1. The van der Waals surface area contributed by atoms with Gasteiger partial charge in [0.1, 0.15) is 5.82 Å². The predicted octanol–water partition coefficient (Wildman–Crippen LogP) is 2.89. The number of rotatable bonds is 6. The van der Waals surface area contributed by atoms with E-state index in [9.17, 15) is 14.3 Å². The highest BCUT2D eigenvalue weighted by Gasteiger charge is 2.57. The maximum atomic E-state index is 13.3. The lowest BCUT2D eigenvalue weighted by atomic mass is 9.81. The second-order valence-corrected chi connectivity index (χ2v) is 7.93. The van der Waals surface area contributed by atoms with Crippen molar-refractivity contribution >= 4 is 5.97 Å². The van der Waals surface area contributed by atoms with Crippen LogP contribution < -0.4 is 0 Å². The number of carboxylic acid groups (broad SMARTS) is 1. The monoisotopic (exact) mass is 368 g/mol. The van der Waals surface area contributed by atoms with Crippen LogP contribution in [0.2, 0.25) is 0 Å². The van der Waals surface area contributed by atoms with E-state index >= 15 is 0 Å². The summed E-state index contributed by atoms with van der Waals surface area (Å²) in [6.45, 7) is 4.36. The highest BCUT2D eigenvalue weighted by atomic mass is 19.1. The van der Waals surface area contributed by atoms with Gasteiger partial charge in [0.2, 0.25) is 0 Å². The Morgan fingerprint density at radius 3 is 2.44 bits per heavy atom. The van der Waals surface area contributed by atoms with Crippen molar-refractivity contribution in [1.82, 2.24) is 9.80 Å². The van der Waals surface area contributed by atoms with Gasteiger partial charge in [-0.25, -0.2) is 4.39 Å². The van der Waals surface area contributed by atoms with Gasteiger partial charge in [-0.05, 0) is 29.7 Å². The van der Waals surface area contributed by atoms with E-state index in [2.05, 4.69) is 21.9 Å². The van der Waals surface area contributed by atoms with E-state index in [1.165, 1.54) is 11.6 Å². The summed E-state index contributed by atoms with van der Waals surface area (Å²) >= 11 is 0. The highest BCUT2D eigenvalue weighted by molar-refractivity contribution is 5.77. The molecule has 0 amide bonds. The molecule has 142 valence electrons. The van der Waals surface area contributed by atoms with Crippen LogP contribution >= 0.6 is 0 Å². The van der Waals surface area contributed by atoms with Gasteiger partial charge in [-0.2, -0.15) is 0 Å². The second kappa shape index (κ2) is 7.41. The Morgan fingerprint density at radius 2 is 1.74 bits per heavy atom. The van der Waals surface area contributed by atoms with Crippen LogP contribution in [0.4, 0.5) is 4.39 Å². The van der Waals surface area contributed by atoms with Gasteiger partial charge in [0.05, 0.1) is 5.41 Å². The third-order valence-corrected chi connectivity index (χ3v) is 6.03. The highest BCUT2D eigenvalue weighted by Crippen LogP contribution is 2.43. The first-order valence-electron chi connectivity index (χ1n) is 9.52. The Hall–Kier alpha value is -2.24. The van der Waals surface area contributed by atoms with Crippen molar-refractivity contribution in [3.8, 4) is 0 Å².